The van der Waals surface area contributed by atoms with Crippen molar-refractivity contribution in [3.05, 3.63) is 0 Å². The van der Waals surface area contributed by atoms with Gasteiger partial charge in [0, 0.05) is 12.8 Å². The maximum atomic E-state index is 9.91. The van der Waals surface area contributed by atoms with Gasteiger partial charge in [-0.05, 0) is 26.2 Å². The highest BCUT2D eigenvalue weighted by atomic mass is 16.4. The van der Waals surface area contributed by atoms with Gasteiger partial charge in [0.15, 0.2) is 0 Å². The standard InChI is InChI=1S/C6H12O3.C5H10O3/c1-2-5(7)3-4-6(8)9;1-4(6)2-3-5(7)8/h5,7H,2-4H2,1H3,(H,8,9);4,6H,2-3H2,1H3,(H,7,8). The summed E-state index contributed by atoms with van der Waals surface area (Å²) in [6.45, 7) is 3.40. The number of hydrogen-bond acceptors (Lipinski definition) is 4. The molecule has 2 unspecified atom stereocenters. The highest BCUT2D eigenvalue weighted by molar-refractivity contribution is 5.66. The molecular formula is C11H22O6. The zero-order valence-electron chi connectivity index (χ0n) is 10.3. The van der Waals surface area contributed by atoms with Crippen molar-refractivity contribution in [2.75, 3.05) is 0 Å². The summed E-state index contributed by atoms with van der Waals surface area (Å²) in [6, 6.07) is 0. The maximum Gasteiger partial charge on any atom is 0.303 e. The van der Waals surface area contributed by atoms with Gasteiger partial charge < -0.3 is 20.4 Å². The Hall–Kier alpha value is -1.14. The lowest BCUT2D eigenvalue weighted by Gasteiger charge is -2.02. The Morgan fingerprint density at radius 2 is 1.41 bits per heavy atom. The average Bonchev–Trinajstić information content (AvgIpc) is 2.23. The molecular weight excluding hydrogens is 228 g/mol. The van der Waals surface area contributed by atoms with E-state index in [0.717, 1.165) is 0 Å². The third-order valence-electron chi connectivity index (χ3n) is 1.94. The minimum Gasteiger partial charge on any atom is -0.481 e. The molecule has 0 radical (unpaired) electrons. The van der Waals surface area contributed by atoms with Gasteiger partial charge >= 0.3 is 11.9 Å². The van der Waals surface area contributed by atoms with Crippen LogP contribution in [0.15, 0.2) is 0 Å². The number of carbonyl (C=O) groups is 2. The van der Waals surface area contributed by atoms with Crippen LogP contribution in [0.3, 0.4) is 0 Å². The number of carboxylic acids is 2. The van der Waals surface area contributed by atoms with Crippen LogP contribution in [0.2, 0.25) is 0 Å². The molecule has 0 rings (SSSR count). The Kier molecular flexibility index (Phi) is 12.2. The first-order chi connectivity index (χ1) is 7.79. The van der Waals surface area contributed by atoms with Gasteiger partial charge in [0.05, 0.1) is 12.2 Å². The van der Waals surface area contributed by atoms with Crippen LogP contribution in [0.5, 0.6) is 0 Å². The fourth-order valence-electron chi connectivity index (χ4n) is 0.827. The predicted molar refractivity (Wildman–Crippen MR) is 61.7 cm³/mol. The largest absolute Gasteiger partial charge is 0.481 e. The number of aliphatic hydroxyl groups excluding tert-OH is 2. The topological polar surface area (TPSA) is 115 Å². The third-order valence-corrected chi connectivity index (χ3v) is 1.94. The Bertz CT molecular complexity index is 214. The quantitative estimate of drug-likeness (QED) is 0.532. The number of aliphatic carboxylic acids is 2. The molecule has 4 N–H and O–H groups in total. The van der Waals surface area contributed by atoms with Crippen molar-refractivity contribution >= 4 is 11.9 Å². The second-order valence-corrected chi connectivity index (χ2v) is 3.78. The van der Waals surface area contributed by atoms with Crippen LogP contribution in [0, 0.1) is 0 Å². The SMILES string of the molecule is CC(O)CCC(=O)O.CCC(O)CCC(=O)O. The summed E-state index contributed by atoms with van der Waals surface area (Å²) in [5.41, 5.74) is 0. The van der Waals surface area contributed by atoms with Crippen LogP contribution in [-0.2, 0) is 9.59 Å². The van der Waals surface area contributed by atoms with E-state index >= 15 is 0 Å². The minimum atomic E-state index is -0.856. The number of hydrogen-bond donors (Lipinski definition) is 4. The molecule has 0 amide bonds. The number of carboxylic acid groups (broad SMARTS) is 2. The van der Waals surface area contributed by atoms with E-state index in [2.05, 4.69) is 0 Å². The van der Waals surface area contributed by atoms with Crippen LogP contribution in [0.1, 0.15) is 46.0 Å². The molecule has 0 aromatic carbocycles. The van der Waals surface area contributed by atoms with E-state index in [-0.39, 0.29) is 12.8 Å². The summed E-state index contributed by atoms with van der Waals surface area (Å²) < 4.78 is 0. The van der Waals surface area contributed by atoms with E-state index in [1.807, 2.05) is 6.92 Å². The van der Waals surface area contributed by atoms with E-state index < -0.39 is 24.1 Å². The van der Waals surface area contributed by atoms with Crippen molar-refractivity contribution in [3.8, 4) is 0 Å². The molecule has 0 bridgehead atoms. The van der Waals surface area contributed by atoms with E-state index in [1.54, 1.807) is 6.92 Å². The fourth-order valence-corrected chi connectivity index (χ4v) is 0.827. The Labute approximate surface area is 101 Å². The summed E-state index contributed by atoms with van der Waals surface area (Å²) >= 11 is 0. The molecule has 0 saturated carbocycles. The number of rotatable bonds is 7. The molecule has 0 saturated heterocycles. The Morgan fingerprint density at radius 3 is 1.65 bits per heavy atom. The van der Waals surface area contributed by atoms with Gasteiger partial charge in [-0.1, -0.05) is 6.92 Å². The lowest BCUT2D eigenvalue weighted by molar-refractivity contribution is -0.138. The normalized spacial score (nSPS) is 13.2. The Morgan fingerprint density at radius 1 is 1.00 bits per heavy atom. The van der Waals surface area contributed by atoms with Gasteiger partial charge in [-0.15, -0.1) is 0 Å². The van der Waals surface area contributed by atoms with Gasteiger partial charge in [0.1, 0.15) is 0 Å². The average molecular weight is 250 g/mol. The summed E-state index contributed by atoms with van der Waals surface area (Å²) in [4.78, 5) is 19.7. The molecule has 6 nitrogen and oxygen atoms in total. The van der Waals surface area contributed by atoms with Crippen LogP contribution in [0.4, 0.5) is 0 Å². The molecule has 17 heavy (non-hydrogen) atoms. The van der Waals surface area contributed by atoms with E-state index in [1.165, 1.54) is 0 Å². The molecule has 0 fully saturated rings. The van der Waals surface area contributed by atoms with Gasteiger partial charge in [0.2, 0.25) is 0 Å². The van der Waals surface area contributed by atoms with Crippen molar-refractivity contribution in [1.29, 1.82) is 0 Å². The third kappa shape index (κ3) is 20.8. The monoisotopic (exact) mass is 250 g/mol. The second-order valence-electron chi connectivity index (χ2n) is 3.78. The van der Waals surface area contributed by atoms with E-state index in [9.17, 15) is 9.59 Å². The molecule has 0 aliphatic heterocycles. The van der Waals surface area contributed by atoms with E-state index in [0.29, 0.717) is 19.3 Å². The van der Waals surface area contributed by atoms with E-state index in [4.69, 9.17) is 20.4 Å². The molecule has 0 aromatic heterocycles. The van der Waals surface area contributed by atoms with Crippen LogP contribution < -0.4 is 0 Å². The maximum absolute atomic E-state index is 9.91. The van der Waals surface area contributed by atoms with Crippen LogP contribution in [0.25, 0.3) is 0 Å². The summed E-state index contributed by atoms with van der Waals surface area (Å²) in [7, 11) is 0. The lowest BCUT2D eigenvalue weighted by Crippen LogP contribution is -2.07. The van der Waals surface area contributed by atoms with Gasteiger partial charge in [-0.2, -0.15) is 0 Å². The molecule has 6 heteroatoms. The summed E-state index contributed by atoms with van der Waals surface area (Å²) in [5, 5.41) is 33.6. The molecule has 0 aliphatic rings. The predicted octanol–water partition coefficient (Wildman–Crippen LogP) is 0.854. The zero-order chi connectivity index (χ0) is 13.8. The lowest BCUT2D eigenvalue weighted by atomic mass is 10.1. The first-order valence-electron chi connectivity index (χ1n) is 5.59. The zero-order valence-corrected chi connectivity index (χ0v) is 10.3. The Balaban J connectivity index is 0. The molecule has 102 valence electrons. The van der Waals surface area contributed by atoms with Crippen LogP contribution >= 0.6 is 0 Å². The van der Waals surface area contributed by atoms with Crippen molar-refractivity contribution in [3.63, 3.8) is 0 Å². The fraction of sp³-hybridized carbons (Fsp3) is 0.818. The first-order valence-corrected chi connectivity index (χ1v) is 5.59. The molecule has 0 spiro atoms. The number of aliphatic hydroxyl groups is 2. The molecule has 0 aliphatic carbocycles. The highest BCUT2D eigenvalue weighted by Gasteiger charge is 2.03. The van der Waals surface area contributed by atoms with Crippen molar-refractivity contribution in [1.82, 2.24) is 0 Å². The van der Waals surface area contributed by atoms with Gasteiger partial charge in [0.25, 0.3) is 0 Å². The minimum absolute atomic E-state index is 0.0532. The van der Waals surface area contributed by atoms with Gasteiger partial charge in [-0.25, -0.2) is 0 Å². The molecule has 0 heterocycles. The smallest absolute Gasteiger partial charge is 0.303 e. The molecule has 2 atom stereocenters. The van der Waals surface area contributed by atoms with Crippen molar-refractivity contribution < 1.29 is 30.0 Å². The first kappa shape index (κ1) is 18.2. The summed E-state index contributed by atoms with van der Waals surface area (Å²) in [6.07, 6.45) is 0.522. The van der Waals surface area contributed by atoms with Gasteiger partial charge in [-0.3, -0.25) is 9.59 Å². The van der Waals surface area contributed by atoms with Crippen molar-refractivity contribution in [2.24, 2.45) is 0 Å². The highest BCUT2D eigenvalue weighted by Crippen LogP contribution is 1.99. The molecule has 0 aromatic rings. The second kappa shape index (κ2) is 11.3. The van der Waals surface area contributed by atoms with Crippen LogP contribution in [-0.4, -0.2) is 44.6 Å². The van der Waals surface area contributed by atoms with Crippen molar-refractivity contribution in [2.45, 2.75) is 58.2 Å². The summed E-state index contributed by atoms with van der Waals surface area (Å²) in [5.74, 6) is -1.70.